The minimum absolute atomic E-state index is 0.476. The normalized spacial score (nSPS) is 16.2. The summed E-state index contributed by atoms with van der Waals surface area (Å²) in [5.41, 5.74) is 2.31. The summed E-state index contributed by atoms with van der Waals surface area (Å²) in [6, 6.07) is 7.34. The summed E-state index contributed by atoms with van der Waals surface area (Å²) in [6.07, 6.45) is 7.40. The van der Waals surface area contributed by atoms with Gasteiger partial charge in [0.15, 0.2) is 5.82 Å². The number of hydrogen-bond donors (Lipinski definition) is 1. The molecule has 1 aliphatic rings. The van der Waals surface area contributed by atoms with Gasteiger partial charge in [-0.2, -0.15) is 0 Å². The molecule has 0 spiro atoms. The number of pyridine rings is 1. The van der Waals surface area contributed by atoms with Crippen LogP contribution in [0, 0.1) is 0 Å². The second-order valence-electron chi connectivity index (χ2n) is 6.40. The van der Waals surface area contributed by atoms with Crippen molar-refractivity contribution in [2.45, 2.75) is 58.2 Å². The number of anilines is 1. The summed E-state index contributed by atoms with van der Waals surface area (Å²) in [5, 5.41) is 3.54. The van der Waals surface area contributed by atoms with Gasteiger partial charge in [-0.25, -0.2) is 4.98 Å². The maximum atomic E-state index is 4.88. The van der Waals surface area contributed by atoms with Crippen molar-refractivity contribution < 1.29 is 0 Å². The Morgan fingerprint density at radius 1 is 1.33 bits per heavy atom. The molecule has 0 amide bonds. The lowest BCUT2D eigenvalue weighted by atomic mass is 10.2. The van der Waals surface area contributed by atoms with Gasteiger partial charge in [-0.15, -0.1) is 0 Å². The molecule has 0 bridgehead atoms. The second kappa shape index (κ2) is 6.06. The molecule has 0 saturated heterocycles. The van der Waals surface area contributed by atoms with E-state index in [9.17, 15) is 0 Å². The first-order valence-electron chi connectivity index (χ1n) is 8.09. The van der Waals surface area contributed by atoms with Crippen molar-refractivity contribution in [3.05, 3.63) is 30.1 Å². The fourth-order valence-corrected chi connectivity index (χ4v) is 3.25. The van der Waals surface area contributed by atoms with Gasteiger partial charge in [0.1, 0.15) is 5.65 Å². The van der Waals surface area contributed by atoms with Crippen LogP contribution in [0.5, 0.6) is 0 Å². The molecule has 114 valence electrons. The highest BCUT2D eigenvalue weighted by atomic mass is 15.2. The number of nitrogens with zero attached hydrogens (tertiary/aromatic N) is 3. The predicted octanol–water partition coefficient (Wildman–Crippen LogP) is 3.21. The zero-order valence-corrected chi connectivity index (χ0v) is 13.3. The van der Waals surface area contributed by atoms with E-state index < -0.39 is 0 Å². The van der Waals surface area contributed by atoms with E-state index in [1.807, 2.05) is 0 Å². The van der Waals surface area contributed by atoms with E-state index >= 15 is 0 Å². The molecule has 0 unspecified atom stereocenters. The third kappa shape index (κ3) is 2.91. The van der Waals surface area contributed by atoms with E-state index in [-0.39, 0.29) is 0 Å². The van der Waals surface area contributed by atoms with Crippen molar-refractivity contribution in [1.82, 2.24) is 14.7 Å². The zero-order valence-electron chi connectivity index (χ0n) is 13.3. The molecule has 1 fully saturated rings. The number of fused-ring (bicyclic) bond motifs is 1. The first-order chi connectivity index (χ1) is 10.2. The Hall–Kier alpha value is -1.55. The Labute approximate surface area is 127 Å². The molecular formula is C17H26N4. The maximum absolute atomic E-state index is 4.88. The first kappa shape index (κ1) is 14.4. The highest BCUT2D eigenvalue weighted by Crippen LogP contribution is 2.29. The number of hydrogen-bond acceptors (Lipinski definition) is 3. The van der Waals surface area contributed by atoms with Gasteiger partial charge in [0.25, 0.3) is 0 Å². The molecule has 3 rings (SSSR count). The number of rotatable bonds is 5. The van der Waals surface area contributed by atoms with Gasteiger partial charge in [-0.05, 0) is 25.0 Å². The third-order valence-corrected chi connectivity index (χ3v) is 4.49. The minimum Gasteiger partial charge on any atom is -0.355 e. The summed E-state index contributed by atoms with van der Waals surface area (Å²) in [6.45, 7) is 5.22. The average molecular weight is 286 g/mol. The minimum atomic E-state index is 0.476. The van der Waals surface area contributed by atoms with Crippen LogP contribution in [0.4, 0.5) is 5.82 Å². The van der Waals surface area contributed by atoms with E-state index in [4.69, 9.17) is 4.98 Å². The Balaban J connectivity index is 1.96. The number of aromatic nitrogens is 2. The van der Waals surface area contributed by atoms with Gasteiger partial charge in [-0.1, -0.05) is 32.8 Å². The summed E-state index contributed by atoms with van der Waals surface area (Å²) in [7, 11) is 2.20. The van der Waals surface area contributed by atoms with Crippen LogP contribution in [-0.4, -0.2) is 28.5 Å². The molecule has 1 aliphatic carbocycles. The van der Waals surface area contributed by atoms with E-state index in [1.165, 1.54) is 31.4 Å². The standard InChI is InChI=1S/C17H26N4/c1-13(2)18-12-15-17(20(3)14-8-4-5-9-14)19-16-10-6-7-11-21(15)16/h6-7,10-11,13-14,18H,4-5,8-9,12H2,1-3H3. The smallest absolute Gasteiger partial charge is 0.152 e. The van der Waals surface area contributed by atoms with Crippen LogP contribution in [-0.2, 0) is 6.54 Å². The van der Waals surface area contributed by atoms with Crippen LogP contribution in [0.2, 0.25) is 0 Å². The highest BCUT2D eigenvalue weighted by Gasteiger charge is 2.24. The molecule has 21 heavy (non-hydrogen) atoms. The molecule has 2 heterocycles. The van der Waals surface area contributed by atoms with Crippen molar-refractivity contribution in [3.8, 4) is 0 Å². The molecule has 4 nitrogen and oxygen atoms in total. The fraction of sp³-hybridized carbons (Fsp3) is 0.588. The Bertz CT molecular complexity index is 596. The number of nitrogens with one attached hydrogen (secondary N) is 1. The van der Waals surface area contributed by atoms with Crippen molar-refractivity contribution in [1.29, 1.82) is 0 Å². The van der Waals surface area contributed by atoms with Crippen LogP contribution in [0.1, 0.15) is 45.2 Å². The van der Waals surface area contributed by atoms with Crippen molar-refractivity contribution >= 4 is 11.5 Å². The zero-order chi connectivity index (χ0) is 14.8. The first-order valence-corrected chi connectivity index (χ1v) is 8.09. The van der Waals surface area contributed by atoms with Crippen LogP contribution in [0.25, 0.3) is 5.65 Å². The van der Waals surface area contributed by atoms with Crippen molar-refractivity contribution in [3.63, 3.8) is 0 Å². The lowest BCUT2D eigenvalue weighted by Gasteiger charge is -2.25. The Morgan fingerprint density at radius 3 is 2.81 bits per heavy atom. The van der Waals surface area contributed by atoms with Crippen LogP contribution in [0.15, 0.2) is 24.4 Å². The summed E-state index contributed by atoms with van der Waals surface area (Å²) in [4.78, 5) is 7.28. The summed E-state index contributed by atoms with van der Waals surface area (Å²) < 4.78 is 2.22. The van der Waals surface area contributed by atoms with Crippen molar-refractivity contribution in [2.75, 3.05) is 11.9 Å². The van der Waals surface area contributed by atoms with Crippen molar-refractivity contribution in [2.24, 2.45) is 0 Å². The molecule has 2 aromatic heterocycles. The third-order valence-electron chi connectivity index (χ3n) is 4.49. The fourth-order valence-electron chi connectivity index (χ4n) is 3.25. The second-order valence-corrected chi connectivity index (χ2v) is 6.40. The quantitative estimate of drug-likeness (QED) is 0.916. The largest absolute Gasteiger partial charge is 0.355 e. The molecule has 0 aromatic carbocycles. The molecule has 1 saturated carbocycles. The molecule has 0 atom stereocenters. The Kier molecular flexibility index (Phi) is 4.15. The van der Waals surface area contributed by atoms with Gasteiger partial charge in [0.05, 0.1) is 5.69 Å². The van der Waals surface area contributed by atoms with E-state index in [0.717, 1.165) is 18.0 Å². The topological polar surface area (TPSA) is 32.6 Å². The summed E-state index contributed by atoms with van der Waals surface area (Å²) >= 11 is 0. The van der Waals surface area contributed by atoms with Gasteiger partial charge >= 0.3 is 0 Å². The Morgan fingerprint density at radius 2 is 2.10 bits per heavy atom. The number of imidazole rings is 1. The van der Waals surface area contributed by atoms with Gasteiger partial charge in [0.2, 0.25) is 0 Å². The van der Waals surface area contributed by atoms with Gasteiger partial charge in [0, 0.05) is 31.9 Å². The van der Waals surface area contributed by atoms with Crippen LogP contribution < -0.4 is 10.2 Å². The lowest BCUT2D eigenvalue weighted by Crippen LogP contribution is -2.31. The lowest BCUT2D eigenvalue weighted by molar-refractivity contribution is 0.575. The highest BCUT2D eigenvalue weighted by molar-refractivity contribution is 5.56. The van der Waals surface area contributed by atoms with Crippen LogP contribution in [0.3, 0.4) is 0 Å². The van der Waals surface area contributed by atoms with E-state index in [2.05, 4.69) is 59.9 Å². The van der Waals surface area contributed by atoms with Crippen LogP contribution >= 0.6 is 0 Å². The van der Waals surface area contributed by atoms with E-state index in [1.54, 1.807) is 0 Å². The molecule has 4 heteroatoms. The molecule has 0 aliphatic heterocycles. The molecule has 2 aromatic rings. The summed E-state index contributed by atoms with van der Waals surface area (Å²) in [5.74, 6) is 1.14. The SMILES string of the molecule is CC(C)NCc1c(N(C)C2CCCC2)nc2ccccn12. The monoisotopic (exact) mass is 286 g/mol. The predicted molar refractivity (Wildman–Crippen MR) is 87.8 cm³/mol. The molecule has 0 radical (unpaired) electrons. The van der Waals surface area contributed by atoms with Gasteiger partial charge < -0.3 is 14.6 Å². The molecule has 1 N–H and O–H groups in total. The molecular weight excluding hydrogens is 260 g/mol. The average Bonchev–Trinajstić information content (AvgIpc) is 3.12. The maximum Gasteiger partial charge on any atom is 0.152 e. The van der Waals surface area contributed by atoms with E-state index in [0.29, 0.717) is 12.1 Å². The van der Waals surface area contributed by atoms with Gasteiger partial charge in [-0.3, -0.25) is 0 Å².